The molecule has 0 aliphatic carbocycles. The van der Waals surface area contributed by atoms with Crippen molar-refractivity contribution < 1.29 is 22.8 Å². The molecule has 3 aromatic rings. The number of hydrogen-bond donors (Lipinski definition) is 2. The molecule has 0 spiro atoms. The van der Waals surface area contributed by atoms with Crippen molar-refractivity contribution in [2.45, 2.75) is 19.5 Å². The zero-order valence-electron chi connectivity index (χ0n) is 19.7. The molecule has 7 nitrogen and oxygen atoms in total. The molecule has 1 aromatic heterocycles. The minimum absolute atomic E-state index is 0.231. The number of pyridine rings is 1. The number of rotatable bonds is 4. The highest BCUT2D eigenvalue weighted by Crippen LogP contribution is 2.29. The van der Waals surface area contributed by atoms with E-state index in [1.807, 2.05) is 36.1 Å². The van der Waals surface area contributed by atoms with Gasteiger partial charge in [0, 0.05) is 37.4 Å². The number of urea groups is 1. The molecular formula is C26H26F3N5O2. The smallest absolute Gasteiger partial charge is 0.355 e. The van der Waals surface area contributed by atoms with Crippen molar-refractivity contribution >= 4 is 29.1 Å². The summed E-state index contributed by atoms with van der Waals surface area (Å²) in [5.41, 5.74) is 1.66. The van der Waals surface area contributed by atoms with Crippen LogP contribution in [0.25, 0.3) is 0 Å². The van der Waals surface area contributed by atoms with E-state index in [1.54, 1.807) is 23.2 Å². The lowest BCUT2D eigenvalue weighted by Gasteiger charge is -2.23. The largest absolute Gasteiger partial charge is 0.416 e. The maximum atomic E-state index is 12.8. The summed E-state index contributed by atoms with van der Waals surface area (Å²) >= 11 is 0. The van der Waals surface area contributed by atoms with Gasteiger partial charge in [-0.05, 0) is 61.4 Å². The van der Waals surface area contributed by atoms with Crippen LogP contribution >= 0.6 is 0 Å². The fraction of sp³-hybridized carbons (Fsp3) is 0.269. The number of halogens is 3. The highest BCUT2D eigenvalue weighted by Gasteiger charge is 2.30. The third-order valence-corrected chi connectivity index (χ3v) is 5.97. The second-order valence-electron chi connectivity index (χ2n) is 8.51. The number of nitrogens with zero attached hydrogens (tertiary/aromatic N) is 3. The van der Waals surface area contributed by atoms with Crippen LogP contribution in [0.15, 0.2) is 66.9 Å². The van der Waals surface area contributed by atoms with Crippen molar-refractivity contribution in [1.29, 1.82) is 0 Å². The number of benzene rings is 2. The Morgan fingerprint density at radius 1 is 0.889 bits per heavy atom. The Morgan fingerprint density at radius 3 is 2.31 bits per heavy atom. The van der Waals surface area contributed by atoms with Crippen molar-refractivity contribution in [2.24, 2.45) is 0 Å². The van der Waals surface area contributed by atoms with E-state index in [1.165, 1.54) is 12.1 Å². The maximum Gasteiger partial charge on any atom is 0.416 e. The molecule has 0 saturated carbocycles. The van der Waals surface area contributed by atoms with Crippen molar-refractivity contribution in [3.05, 3.63) is 83.6 Å². The molecule has 2 N–H and O–H groups in total. The normalized spacial score (nSPS) is 14.2. The fourth-order valence-corrected chi connectivity index (χ4v) is 3.98. The molecule has 1 aliphatic rings. The molecule has 10 heteroatoms. The quantitative estimate of drug-likeness (QED) is 0.506. The molecule has 1 aliphatic heterocycles. The van der Waals surface area contributed by atoms with E-state index in [0.29, 0.717) is 44.1 Å². The van der Waals surface area contributed by atoms with Crippen LogP contribution in [0.3, 0.4) is 0 Å². The first-order valence-electron chi connectivity index (χ1n) is 11.5. The molecule has 2 aromatic carbocycles. The monoisotopic (exact) mass is 497 g/mol. The standard InChI is InChI=1S/C26H26F3N5O2/c1-18-5-2-3-6-22(18)32-25(36)31-21-11-12-23(30-17-21)33-13-4-14-34(16-15-33)24(35)19-7-9-20(10-8-19)26(27,28)29/h2-3,5-12,17H,4,13-16H2,1H3,(H2,31,32,36). The summed E-state index contributed by atoms with van der Waals surface area (Å²) in [5.74, 6) is 0.418. The van der Waals surface area contributed by atoms with E-state index < -0.39 is 11.7 Å². The molecule has 0 unspecified atom stereocenters. The Morgan fingerprint density at radius 2 is 1.64 bits per heavy atom. The van der Waals surface area contributed by atoms with E-state index in [-0.39, 0.29) is 17.5 Å². The predicted molar refractivity (Wildman–Crippen MR) is 132 cm³/mol. The van der Waals surface area contributed by atoms with Gasteiger partial charge in [0.1, 0.15) is 5.82 Å². The number of amides is 3. The minimum Gasteiger partial charge on any atom is -0.355 e. The number of aromatic nitrogens is 1. The lowest BCUT2D eigenvalue weighted by Crippen LogP contribution is -2.35. The number of carbonyl (C=O) groups excluding carboxylic acids is 2. The summed E-state index contributed by atoms with van der Waals surface area (Å²) in [4.78, 5) is 33.3. The van der Waals surface area contributed by atoms with Crippen LogP contribution < -0.4 is 15.5 Å². The lowest BCUT2D eigenvalue weighted by molar-refractivity contribution is -0.137. The van der Waals surface area contributed by atoms with Crippen LogP contribution in [0.5, 0.6) is 0 Å². The van der Waals surface area contributed by atoms with Crippen LogP contribution in [0.1, 0.15) is 27.9 Å². The number of para-hydroxylation sites is 1. The number of nitrogens with one attached hydrogen (secondary N) is 2. The molecule has 36 heavy (non-hydrogen) atoms. The number of anilines is 3. The Bertz CT molecular complexity index is 1210. The maximum absolute atomic E-state index is 12.8. The van der Waals surface area contributed by atoms with Gasteiger partial charge < -0.3 is 20.4 Å². The van der Waals surface area contributed by atoms with Gasteiger partial charge in [0.2, 0.25) is 0 Å². The Labute approximate surface area is 206 Å². The topological polar surface area (TPSA) is 77.6 Å². The van der Waals surface area contributed by atoms with Gasteiger partial charge in [0.05, 0.1) is 17.4 Å². The summed E-state index contributed by atoms with van der Waals surface area (Å²) in [6.45, 7) is 4.02. The first-order valence-corrected chi connectivity index (χ1v) is 11.5. The highest BCUT2D eigenvalue weighted by molar-refractivity contribution is 6.00. The summed E-state index contributed by atoms with van der Waals surface area (Å²) in [5, 5.41) is 5.56. The summed E-state index contributed by atoms with van der Waals surface area (Å²) in [6.07, 6.45) is -2.18. The van der Waals surface area contributed by atoms with Crippen molar-refractivity contribution in [2.75, 3.05) is 41.7 Å². The number of alkyl halides is 3. The van der Waals surface area contributed by atoms with Gasteiger partial charge in [-0.15, -0.1) is 0 Å². The number of carbonyl (C=O) groups is 2. The van der Waals surface area contributed by atoms with Gasteiger partial charge in [-0.3, -0.25) is 4.79 Å². The van der Waals surface area contributed by atoms with E-state index in [0.717, 1.165) is 23.4 Å². The number of aryl methyl sites for hydroxylation is 1. The Hall–Kier alpha value is -4.08. The van der Waals surface area contributed by atoms with Crippen LogP contribution in [0.2, 0.25) is 0 Å². The van der Waals surface area contributed by atoms with Gasteiger partial charge in [-0.25, -0.2) is 9.78 Å². The zero-order valence-corrected chi connectivity index (χ0v) is 19.7. The molecule has 0 atom stereocenters. The van der Waals surface area contributed by atoms with Gasteiger partial charge in [0.25, 0.3) is 5.91 Å². The second kappa shape index (κ2) is 10.7. The molecule has 188 valence electrons. The van der Waals surface area contributed by atoms with Crippen molar-refractivity contribution in [3.63, 3.8) is 0 Å². The molecule has 2 heterocycles. The number of hydrogen-bond acceptors (Lipinski definition) is 4. The average molecular weight is 498 g/mol. The molecule has 4 rings (SSSR count). The highest BCUT2D eigenvalue weighted by atomic mass is 19.4. The van der Waals surface area contributed by atoms with Crippen LogP contribution in [-0.4, -0.2) is 48.0 Å². The molecule has 1 saturated heterocycles. The average Bonchev–Trinajstić information content (AvgIpc) is 3.11. The minimum atomic E-state index is -4.44. The Balaban J connectivity index is 1.33. The van der Waals surface area contributed by atoms with Crippen LogP contribution in [0.4, 0.5) is 35.2 Å². The van der Waals surface area contributed by atoms with E-state index in [4.69, 9.17) is 0 Å². The van der Waals surface area contributed by atoms with Crippen LogP contribution in [0, 0.1) is 6.92 Å². The molecule has 3 amide bonds. The van der Waals surface area contributed by atoms with E-state index in [9.17, 15) is 22.8 Å². The third-order valence-electron chi connectivity index (χ3n) is 5.97. The third kappa shape index (κ3) is 6.12. The van der Waals surface area contributed by atoms with Crippen molar-refractivity contribution in [3.8, 4) is 0 Å². The van der Waals surface area contributed by atoms with Crippen molar-refractivity contribution in [1.82, 2.24) is 9.88 Å². The summed E-state index contributed by atoms with van der Waals surface area (Å²) in [6, 6.07) is 15.0. The lowest BCUT2D eigenvalue weighted by atomic mass is 10.1. The van der Waals surface area contributed by atoms with Crippen LogP contribution in [-0.2, 0) is 6.18 Å². The predicted octanol–water partition coefficient (Wildman–Crippen LogP) is 5.41. The first-order chi connectivity index (χ1) is 17.2. The van der Waals surface area contributed by atoms with E-state index in [2.05, 4.69) is 15.6 Å². The fourth-order valence-electron chi connectivity index (χ4n) is 3.98. The van der Waals surface area contributed by atoms with Gasteiger partial charge in [-0.1, -0.05) is 18.2 Å². The Kier molecular flexibility index (Phi) is 7.42. The van der Waals surface area contributed by atoms with Gasteiger partial charge in [-0.2, -0.15) is 13.2 Å². The van der Waals surface area contributed by atoms with Gasteiger partial charge >= 0.3 is 12.2 Å². The zero-order chi connectivity index (χ0) is 25.7. The molecule has 1 fully saturated rings. The summed E-state index contributed by atoms with van der Waals surface area (Å²) in [7, 11) is 0. The SMILES string of the molecule is Cc1ccccc1NC(=O)Nc1ccc(N2CCCN(C(=O)c3ccc(C(F)(F)F)cc3)CC2)nc1. The molecular weight excluding hydrogens is 471 g/mol. The van der Waals surface area contributed by atoms with Gasteiger partial charge in [0.15, 0.2) is 0 Å². The second-order valence-corrected chi connectivity index (χ2v) is 8.51. The summed E-state index contributed by atoms with van der Waals surface area (Å²) < 4.78 is 38.4. The molecule has 0 radical (unpaired) electrons. The molecule has 0 bridgehead atoms. The first kappa shape index (κ1) is 25.0. The van der Waals surface area contributed by atoms with E-state index >= 15 is 0 Å².